The van der Waals surface area contributed by atoms with Crippen molar-refractivity contribution < 1.29 is 9.53 Å². The molecule has 6 heteroatoms. The minimum Gasteiger partial charge on any atom is -0.371 e. The van der Waals surface area contributed by atoms with Gasteiger partial charge >= 0.3 is 6.03 Å². The lowest BCUT2D eigenvalue weighted by Crippen LogP contribution is -2.43. The Labute approximate surface area is 146 Å². The number of benzene rings is 1. The van der Waals surface area contributed by atoms with E-state index in [1.165, 1.54) is 0 Å². The van der Waals surface area contributed by atoms with Crippen LogP contribution in [0.5, 0.6) is 0 Å². The molecule has 0 aliphatic carbocycles. The van der Waals surface area contributed by atoms with Gasteiger partial charge in [-0.05, 0) is 43.2 Å². The Kier molecular flexibility index (Phi) is 5.33. The maximum atomic E-state index is 12.2. The Hall–Kier alpha value is -2.11. The Morgan fingerprint density at radius 3 is 2.83 bits per heavy atom. The van der Waals surface area contributed by atoms with E-state index in [0.717, 1.165) is 23.4 Å². The molecule has 2 amide bonds. The summed E-state index contributed by atoms with van der Waals surface area (Å²) in [5.74, 6) is 0. The van der Waals surface area contributed by atoms with Crippen molar-refractivity contribution in [2.75, 3.05) is 6.61 Å². The van der Waals surface area contributed by atoms with Crippen LogP contribution < -0.4 is 10.6 Å². The highest BCUT2D eigenvalue weighted by molar-refractivity contribution is 6.30. The summed E-state index contributed by atoms with van der Waals surface area (Å²) in [7, 11) is 0. The zero-order chi connectivity index (χ0) is 16.9. The molecule has 0 spiro atoms. The molecule has 0 bridgehead atoms. The molecule has 1 fully saturated rings. The molecule has 2 aromatic rings. The summed E-state index contributed by atoms with van der Waals surface area (Å²) in [6.45, 7) is 2.94. The van der Waals surface area contributed by atoms with Crippen LogP contribution in [0.15, 0.2) is 42.5 Å². The van der Waals surface area contributed by atoms with Crippen LogP contribution in [-0.4, -0.2) is 23.7 Å². The van der Waals surface area contributed by atoms with E-state index in [0.29, 0.717) is 18.2 Å². The van der Waals surface area contributed by atoms with E-state index in [4.69, 9.17) is 16.3 Å². The van der Waals surface area contributed by atoms with Crippen molar-refractivity contribution in [1.82, 2.24) is 15.6 Å². The maximum Gasteiger partial charge on any atom is 0.315 e. The molecule has 24 heavy (non-hydrogen) atoms. The number of rotatable bonds is 4. The first-order chi connectivity index (χ1) is 11.6. The van der Waals surface area contributed by atoms with E-state index in [1.807, 2.05) is 49.4 Å². The quantitative estimate of drug-likeness (QED) is 0.893. The van der Waals surface area contributed by atoms with Crippen molar-refractivity contribution in [1.29, 1.82) is 0 Å². The molecule has 0 radical (unpaired) electrons. The average Bonchev–Trinajstić information content (AvgIpc) is 3.02. The standard InChI is InChI=1S/C18H20ClN3O2/c1-12-3-2-4-15(21-12)11-20-18(23)22-16-9-10-24-17(16)13-5-7-14(19)8-6-13/h2-8,16-17H,9-11H2,1H3,(H2,20,22,23)/t16-,17-/m0/s1. The number of nitrogens with one attached hydrogen (secondary N) is 2. The summed E-state index contributed by atoms with van der Waals surface area (Å²) in [5, 5.41) is 6.52. The molecule has 1 aromatic heterocycles. The molecule has 1 aliphatic rings. The molecule has 3 rings (SSSR count). The molecule has 1 aromatic carbocycles. The summed E-state index contributed by atoms with van der Waals surface area (Å²) in [4.78, 5) is 16.5. The van der Waals surface area contributed by atoms with Crippen LogP contribution in [0.1, 0.15) is 29.5 Å². The molecule has 1 saturated heterocycles. The largest absolute Gasteiger partial charge is 0.371 e. The lowest BCUT2D eigenvalue weighted by molar-refractivity contribution is 0.0999. The highest BCUT2D eigenvalue weighted by Crippen LogP contribution is 2.29. The van der Waals surface area contributed by atoms with Crippen LogP contribution in [0, 0.1) is 6.92 Å². The molecular weight excluding hydrogens is 326 g/mol. The van der Waals surface area contributed by atoms with Crippen LogP contribution in [-0.2, 0) is 11.3 Å². The number of hydrogen-bond acceptors (Lipinski definition) is 3. The predicted molar refractivity (Wildman–Crippen MR) is 92.9 cm³/mol. The second-order valence-electron chi connectivity index (χ2n) is 5.84. The molecule has 2 N–H and O–H groups in total. The number of carbonyl (C=O) groups excluding carboxylic acids is 1. The summed E-state index contributed by atoms with van der Waals surface area (Å²) < 4.78 is 5.77. The van der Waals surface area contributed by atoms with Gasteiger partial charge in [0.2, 0.25) is 0 Å². The maximum absolute atomic E-state index is 12.2. The SMILES string of the molecule is Cc1cccc(CNC(=O)N[C@H]2CCO[C@H]2c2ccc(Cl)cc2)n1. The van der Waals surface area contributed by atoms with Gasteiger partial charge in [0.1, 0.15) is 6.10 Å². The first kappa shape index (κ1) is 16.7. The minimum absolute atomic E-state index is 0.0587. The Morgan fingerprint density at radius 1 is 1.29 bits per heavy atom. The number of carbonyl (C=O) groups is 1. The number of amides is 2. The lowest BCUT2D eigenvalue weighted by atomic mass is 10.0. The second-order valence-corrected chi connectivity index (χ2v) is 6.27. The third-order valence-corrected chi connectivity index (χ3v) is 4.23. The Morgan fingerprint density at radius 2 is 2.08 bits per heavy atom. The number of pyridine rings is 1. The van der Waals surface area contributed by atoms with E-state index >= 15 is 0 Å². The summed E-state index contributed by atoms with van der Waals surface area (Å²) in [5.41, 5.74) is 2.78. The van der Waals surface area contributed by atoms with Gasteiger partial charge in [-0.1, -0.05) is 29.8 Å². The fourth-order valence-corrected chi connectivity index (χ4v) is 2.93. The fourth-order valence-electron chi connectivity index (χ4n) is 2.81. The lowest BCUT2D eigenvalue weighted by Gasteiger charge is -2.20. The smallest absolute Gasteiger partial charge is 0.315 e. The van der Waals surface area contributed by atoms with Gasteiger partial charge < -0.3 is 15.4 Å². The average molecular weight is 346 g/mol. The molecule has 126 valence electrons. The van der Waals surface area contributed by atoms with Gasteiger partial charge in [0, 0.05) is 17.3 Å². The predicted octanol–water partition coefficient (Wildman–Crippen LogP) is 3.37. The van der Waals surface area contributed by atoms with Gasteiger partial charge in [0.25, 0.3) is 0 Å². The number of aryl methyl sites for hydroxylation is 1. The van der Waals surface area contributed by atoms with E-state index in [9.17, 15) is 4.79 Å². The molecular formula is C18H20ClN3O2. The van der Waals surface area contributed by atoms with Gasteiger partial charge in [0.15, 0.2) is 0 Å². The van der Waals surface area contributed by atoms with Crippen LogP contribution >= 0.6 is 11.6 Å². The van der Waals surface area contributed by atoms with Gasteiger partial charge in [-0.2, -0.15) is 0 Å². The van der Waals surface area contributed by atoms with Crippen molar-refractivity contribution in [2.24, 2.45) is 0 Å². The van der Waals surface area contributed by atoms with Crippen LogP contribution in [0.25, 0.3) is 0 Å². The molecule has 2 atom stereocenters. The van der Waals surface area contributed by atoms with E-state index < -0.39 is 0 Å². The fraction of sp³-hybridized carbons (Fsp3) is 0.333. The topological polar surface area (TPSA) is 63.2 Å². The van der Waals surface area contributed by atoms with E-state index in [-0.39, 0.29) is 18.2 Å². The van der Waals surface area contributed by atoms with Crippen molar-refractivity contribution in [3.63, 3.8) is 0 Å². The number of aromatic nitrogens is 1. The van der Waals surface area contributed by atoms with Gasteiger partial charge in [-0.25, -0.2) is 4.79 Å². The number of halogens is 1. The molecule has 1 aliphatic heterocycles. The minimum atomic E-state index is -0.215. The van der Waals surface area contributed by atoms with Crippen LogP contribution in [0.3, 0.4) is 0 Å². The first-order valence-corrected chi connectivity index (χ1v) is 8.33. The number of ether oxygens (including phenoxy) is 1. The number of nitrogens with zero attached hydrogens (tertiary/aromatic N) is 1. The van der Waals surface area contributed by atoms with Crippen molar-refractivity contribution in [3.8, 4) is 0 Å². The normalized spacial score (nSPS) is 19.9. The van der Waals surface area contributed by atoms with Crippen molar-refractivity contribution in [2.45, 2.75) is 32.0 Å². The van der Waals surface area contributed by atoms with Crippen LogP contribution in [0.2, 0.25) is 5.02 Å². The highest BCUT2D eigenvalue weighted by atomic mass is 35.5. The zero-order valence-electron chi connectivity index (χ0n) is 13.5. The highest BCUT2D eigenvalue weighted by Gasteiger charge is 2.30. The summed E-state index contributed by atoms with van der Waals surface area (Å²) in [6.07, 6.45) is 0.633. The monoisotopic (exact) mass is 345 g/mol. The Balaban J connectivity index is 1.56. The first-order valence-electron chi connectivity index (χ1n) is 7.96. The van der Waals surface area contributed by atoms with Crippen LogP contribution in [0.4, 0.5) is 4.79 Å². The number of hydrogen-bond donors (Lipinski definition) is 2. The zero-order valence-corrected chi connectivity index (χ0v) is 14.2. The van der Waals surface area contributed by atoms with Crippen molar-refractivity contribution >= 4 is 17.6 Å². The van der Waals surface area contributed by atoms with Gasteiger partial charge in [0.05, 0.1) is 18.3 Å². The summed E-state index contributed by atoms with van der Waals surface area (Å²) in [6, 6.07) is 13.0. The van der Waals surface area contributed by atoms with Crippen molar-refractivity contribution in [3.05, 3.63) is 64.4 Å². The van der Waals surface area contributed by atoms with Gasteiger partial charge in [-0.15, -0.1) is 0 Å². The third-order valence-electron chi connectivity index (χ3n) is 3.98. The Bertz CT molecular complexity index is 706. The molecule has 0 unspecified atom stereocenters. The van der Waals surface area contributed by atoms with E-state index in [2.05, 4.69) is 15.6 Å². The van der Waals surface area contributed by atoms with E-state index in [1.54, 1.807) is 0 Å². The number of urea groups is 1. The molecule has 0 saturated carbocycles. The summed E-state index contributed by atoms with van der Waals surface area (Å²) >= 11 is 5.92. The molecule has 2 heterocycles. The van der Waals surface area contributed by atoms with Gasteiger partial charge in [-0.3, -0.25) is 4.98 Å². The molecule has 5 nitrogen and oxygen atoms in total. The third kappa shape index (κ3) is 4.24. The second kappa shape index (κ2) is 7.64.